The molecule has 1 aliphatic heterocycles. The SMILES string of the molecule is C=CN1C=C(c2c(F)ccc(NCc3cc(Cl)cnc3NC)c2F)C=C/C1=C(/C)c1ccn[nH]1. The van der Waals surface area contributed by atoms with Crippen molar-refractivity contribution in [3.05, 3.63) is 107 Å². The summed E-state index contributed by atoms with van der Waals surface area (Å²) in [5.74, 6) is -0.745. The number of nitrogens with zero attached hydrogens (tertiary/aromatic N) is 3. The molecular formula is C25H23ClF2N6. The molecule has 9 heteroatoms. The van der Waals surface area contributed by atoms with Gasteiger partial charge in [-0.3, -0.25) is 5.10 Å². The molecule has 0 amide bonds. The minimum Gasteiger partial charge on any atom is -0.378 e. The standard InChI is InChI=1S/C25H23ClF2N6/c1-4-34-14-16(5-8-22(34)15(2)20-9-10-32-33-20)23-19(27)6-7-21(24(23)28)30-12-17-11-18(26)13-31-25(17)29-3/h4-11,13-14,30H,1,12H2,2-3H3,(H,29,31)(H,32,33)/b22-15+. The second kappa shape index (κ2) is 9.93. The maximum absolute atomic E-state index is 15.5. The van der Waals surface area contributed by atoms with E-state index in [1.165, 1.54) is 18.3 Å². The molecule has 34 heavy (non-hydrogen) atoms. The summed E-state index contributed by atoms with van der Waals surface area (Å²) in [4.78, 5) is 5.94. The fourth-order valence-electron chi connectivity index (χ4n) is 3.72. The number of nitrogens with one attached hydrogen (secondary N) is 3. The van der Waals surface area contributed by atoms with Crippen LogP contribution in [0.3, 0.4) is 0 Å². The molecule has 0 saturated carbocycles. The minimum absolute atomic E-state index is 0.135. The number of allylic oxidation sites excluding steroid dienone is 4. The first kappa shape index (κ1) is 23.3. The van der Waals surface area contributed by atoms with Gasteiger partial charge in [-0.15, -0.1) is 0 Å². The predicted octanol–water partition coefficient (Wildman–Crippen LogP) is 6.18. The van der Waals surface area contributed by atoms with Gasteiger partial charge in [0.15, 0.2) is 5.82 Å². The number of rotatable bonds is 7. The predicted molar refractivity (Wildman–Crippen MR) is 133 cm³/mol. The molecular weight excluding hydrogens is 458 g/mol. The molecule has 1 aromatic carbocycles. The molecule has 0 unspecified atom stereocenters. The molecule has 174 valence electrons. The van der Waals surface area contributed by atoms with E-state index in [1.807, 2.05) is 13.0 Å². The van der Waals surface area contributed by atoms with Gasteiger partial charge < -0.3 is 15.5 Å². The van der Waals surface area contributed by atoms with Crippen molar-refractivity contribution >= 4 is 34.3 Å². The average Bonchev–Trinajstić information content (AvgIpc) is 3.38. The van der Waals surface area contributed by atoms with Crippen molar-refractivity contribution < 1.29 is 8.78 Å². The van der Waals surface area contributed by atoms with Gasteiger partial charge >= 0.3 is 0 Å². The Morgan fingerprint density at radius 3 is 2.79 bits per heavy atom. The topological polar surface area (TPSA) is 68.9 Å². The highest BCUT2D eigenvalue weighted by molar-refractivity contribution is 6.30. The molecule has 6 nitrogen and oxygen atoms in total. The number of aromatic nitrogens is 3. The summed E-state index contributed by atoms with van der Waals surface area (Å²) in [6, 6.07) is 6.20. The van der Waals surface area contributed by atoms with E-state index in [4.69, 9.17) is 11.6 Å². The maximum atomic E-state index is 15.5. The average molecular weight is 481 g/mol. The lowest BCUT2D eigenvalue weighted by atomic mass is 9.99. The van der Waals surface area contributed by atoms with Crippen LogP contribution in [-0.2, 0) is 6.54 Å². The molecule has 0 aliphatic carbocycles. The minimum atomic E-state index is -0.696. The Balaban J connectivity index is 1.65. The Morgan fingerprint density at radius 2 is 2.09 bits per heavy atom. The zero-order valence-electron chi connectivity index (χ0n) is 18.7. The fourth-order valence-corrected chi connectivity index (χ4v) is 3.90. The van der Waals surface area contributed by atoms with Crippen molar-refractivity contribution in [3.8, 4) is 0 Å². The quantitative estimate of drug-likeness (QED) is 0.377. The number of hydrogen-bond acceptors (Lipinski definition) is 5. The fraction of sp³-hybridized carbons (Fsp3) is 0.120. The van der Waals surface area contributed by atoms with E-state index in [0.29, 0.717) is 16.4 Å². The van der Waals surface area contributed by atoms with E-state index in [9.17, 15) is 4.39 Å². The third-order valence-electron chi connectivity index (χ3n) is 5.48. The lowest BCUT2D eigenvalue weighted by molar-refractivity contribution is 0.577. The van der Waals surface area contributed by atoms with Crippen LogP contribution in [0.25, 0.3) is 11.1 Å². The summed E-state index contributed by atoms with van der Waals surface area (Å²) in [6.45, 7) is 6.01. The first-order chi connectivity index (χ1) is 16.4. The number of H-pyrrole nitrogens is 1. The number of benzene rings is 1. The first-order valence-electron chi connectivity index (χ1n) is 10.5. The Kier molecular flexibility index (Phi) is 6.79. The summed E-state index contributed by atoms with van der Waals surface area (Å²) in [5.41, 5.74) is 3.71. The second-order valence-electron chi connectivity index (χ2n) is 7.54. The lowest BCUT2D eigenvalue weighted by Gasteiger charge is -2.25. The Hall–Kier alpha value is -3.91. The summed E-state index contributed by atoms with van der Waals surface area (Å²) in [6.07, 6.45) is 9.89. The molecule has 2 aromatic heterocycles. The number of aromatic amines is 1. The van der Waals surface area contributed by atoms with Crippen LogP contribution in [0.1, 0.15) is 23.7 Å². The number of halogens is 3. The monoisotopic (exact) mass is 480 g/mol. The molecule has 0 fully saturated rings. The zero-order valence-corrected chi connectivity index (χ0v) is 19.4. The highest BCUT2D eigenvalue weighted by Crippen LogP contribution is 2.34. The van der Waals surface area contributed by atoms with Gasteiger partial charge in [-0.25, -0.2) is 13.8 Å². The first-order valence-corrected chi connectivity index (χ1v) is 10.9. The summed E-state index contributed by atoms with van der Waals surface area (Å²) in [7, 11) is 1.74. The van der Waals surface area contributed by atoms with Crippen molar-refractivity contribution in [3.63, 3.8) is 0 Å². The third kappa shape index (κ3) is 4.58. The van der Waals surface area contributed by atoms with Crippen molar-refractivity contribution in [1.29, 1.82) is 0 Å². The van der Waals surface area contributed by atoms with Crippen molar-refractivity contribution in [2.24, 2.45) is 0 Å². The lowest BCUT2D eigenvalue weighted by Crippen LogP contribution is -2.14. The summed E-state index contributed by atoms with van der Waals surface area (Å²) in [5, 5.41) is 13.4. The highest BCUT2D eigenvalue weighted by atomic mass is 35.5. The Labute approximate surface area is 201 Å². The van der Waals surface area contributed by atoms with Crippen LogP contribution in [0.4, 0.5) is 20.3 Å². The van der Waals surface area contributed by atoms with Gasteiger partial charge in [0, 0.05) is 55.2 Å². The normalized spacial score (nSPS) is 14.6. The zero-order chi connectivity index (χ0) is 24.2. The molecule has 3 heterocycles. The molecule has 0 atom stereocenters. The van der Waals surface area contributed by atoms with Crippen LogP contribution in [0, 0.1) is 11.6 Å². The van der Waals surface area contributed by atoms with E-state index in [0.717, 1.165) is 22.5 Å². The highest BCUT2D eigenvalue weighted by Gasteiger charge is 2.21. The van der Waals surface area contributed by atoms with E-state index in [2.05, 4.69) is 32.4 Å². The van der Waals surface area contributed by atoms with Crippen LogP contribution in [0.15, 0.2) is 73.5 Å². The van der Waals surface area contributed by atoms with Crippen LogP contribution in [-0.4, -0.2) is 27.1 Å². The molecule has 0 saturated heterocycles. The van der Waals surface area contributed by atoms with Crippen molar-refractivity contribution in [2.45, 2.75) is 13.5 Å². The number of anilines is 2. The molecule has 0 radical (unpaired) electrons. The van der Waals surface area contributed by atoms with Gasteiger partial charge in [0.05, 0.1) is 22.0 Å². The second-order valence-corrected chi connectivity index (χ2v) is 7.97. The maximum Gasteiger partial charge on any atom is 0.157 e. The van der Waals surface area contributed by atoms with Crippen LogP contribution in [0.2, 0.25) is 5.02 Å². The van der Waals surface area contributed by atoms with E-state index in [-0.39, 0.29) is 17.8 Å². The smallest absolute Gasteiger partial charge is 0.157 e. The molecule has 0 bridgehead atoms. The van der Waals surface area contributed by atoms with Gasteiger partial charge in [0.2, 0.25) is 0 Å². The van der Waals surface area contributed by atoms with Gasteiger partial charge in [0.25, 0.3) is 0 Å². The van der Waals surface area contributed by atoms with E-state index >= 15 is 4.39 Å². The Bertz CT molecular complexity index is 1310. The third-order valence-corrected chi connectivity index (χ3v) is 5.69. The van der Waals surface area contributed by atoms with Gasteiger partial charge in [-0.2, -0.15) is 5.10 Å². The van der Waals surface area contributed by atoms with Crippen molar-refractivity contribution in [1.82, 2.24) is 20.1 Å². The molecule has 0 spiro atoms. The Morgan fingerprint density at radius 1 is 1.26 bits per heavy atom. The number of hydrogen-bond donors (Lipinski definition) is 3. The van der Waals surface area contributed by atoms with Crippen LogP contribution < -0.4 is 10.6 Å². The van der Waals surface area contributed by atoms with Crippen LogP contribution in [0.5, 0.6) is 0 Å². The van der Waals surface area contributed by atoms with Gasteiger partial charge in [-0.1, -0.05) is 24.3 Å². The van der Waals surface area contributed by atoms with E-state index in [1.54, 1.807) is 48.8 Å². The largest absolute Gasteiger partial charge is 0.378 e. The summed E-state index contributed by atoms with van der Waals surface area (Å²) < 4.78 is 30.3. The van der Waals surface area contributed by atoms with E-state index < -0.39 is 11.6 Å². The van der Waals surface area contributed by atoms with Crippen molar-refractivity contribution in [2.75, 3.05) is 17.7 Å². The molecule has 3 N–H and O–H groups in total. The molecule has 3 aromatic rings. The van der Waals surface area contributed by atoms with Crippen LogP contribution >= 0.6 is 11.6 Å². The van der Waals surface area contributed by atoms with Gasteiger partial charge in [0.1, 0.15) is 11.6 Å². The molecule has 4 rings (SSSR count). The molecule has 1 aliphatic rings. The van der Waals surface area contributed by atoms with Gasteiger partial charge in [-0.05, 0) is 42.8 Å². The summed E-state index contributed by atoms with van der Waals surface area (Å²) >= 11 is 6.05. The number of pyridine rings is 1.